The van der Waals surface area contributed by atoms with E-state index in [9.17, 15) is 4.79 Å². The molecule has 2 aromatic heterocycles. The summed E-state index contributed by atoms with van der Waals surface area (Å²) >= 11 is 11.7. The summed E-state index contributed by atoms with van der Waals surface area (Å²) in [7, 11) is 0. The van der Waals surface area contributed by atoms with E-state index < -0.39 is 0 Å². The van der Waals surface area contributed by atoms with Crippen LogP contribution in [0.4, 0.5) is 5.69 Å². The van der Waals surface area contributed by atoms with Crippen LogP contribution in [0.3, 0.4) is 0 Å². The molecule has 0 fully saturated rings. The number of anilines is 1. The van der Waals surface area contributed by atoms with Crippen LogP contribution < -0.4 is 5.32 Å². The number of nitrogens with one attached hydrogen (secondary N) is 2. The van der Waals surface area contributed by atoms with Crippen LogP contribution in [-0.4, -0.2) is 21.1 Å². The molecule has 0 spiro atoms. The van der Waals surface area contributed by atoms with Gasteiger partial charge in [-0.2, -0.15) is 5.10 Å². The average Bonchev–Trinajstić information content (AvgIpc) is 2.89. The fraction of sp³-hybridized carbons (Fsp3) is 0. The Morgan fingerprint density at radius 2 is 2.05 bits per heavy atom. The summed E-state index contributed by atoms with van der Waals surface area (Å²) < 4.78 is 0. The maximum atomic E-state index is 12.2. The number of aromatic amines is 1. The number of hydrogen-bond donors (Lipinski definition) is 2. The van der Waals surface area contributed by atoms with Crippen LogP contribution in [0.1, 0.15) is 10.4 Å². The van der Waals surface area contributed by atoms with Gasteiger partial charge in [0.2, 0.25) is 0 Å². The van der Waals surface area contributed by atoms with Gasteiger partial charge in [0.1, 0.15) is 5.15 Å². The highest BCUT2D eigenvalue weighted by atomic mass is 35.5. The molecule has 1 amide bonds. The number of nitrogens with zero attached hydrogens (tertiary/aromatic N) is 2. The van der Waals surface area contributed by atoms with Crippen molar-refractivity contribution < 1.29 is 4.79 Å². The number of aromatic nitrogens is 3. The number of carbonyl (C=O) groups excluding carboxylic acids is 1. The van der Waals surface area contributed by atoms with Crippen LogP contribution in [0.15, 0.2) is 36.7 Å². The van der Waals surface area contributed by atoms with Crippen LogP contribution in [-0.2, 0) is 0 Å². The Bertz CT molecular complexity index is 800. The summed E-state index contributed by atoms with van der Waals surface area (Å²) in [5.41, 5.74) is 1.82. The Balaban J connectivity index is 1.89. The molecule has 2 heterocycles. The minimum Gasteiger partial charge on any atom is -0.322 e. The molecular formula is C13H8Cl2N4O. The fourth-order valence-corrected chi connectivity index (χ4v) is 2.15. The van der Waals surface area contributed by atoms with Gasteiger partial charge in [-0.15, -0.1) is 0 Å². The number of halogens is 2. The van der Waals surface area contributed by atoms with E-state index in [-0.39, 0.29) is 21.6 Å². The largest absolute Gasteiger partial charge is 0.322 e. The molecule has 7 heteroatoms. The van der Waals surface area contributed by atoms with Gasteiger partial charge in [0.15, 0.2) is 0 Å². The van der Waals surface area contributed by atoms with Crippen molar-refractivity contribution in [3.63, 3.8) is 0 Å². The summed E-state index contributed by atoms with van der Waals surface area (Å²) in [5.74, 6) is -0.345. The molecule has 0 saturated carbocycles. The van der Waals surface area contributed by atoms with Gasteiger partial charge in [0.05, 0.1) is 22.3 Å². The van der Waals surface area contributed by atoms with Gasteiger partial charge in [-0.1, -0.05) is 23.2 Å². The lowest BCUT2D eigenvalue weighted by molar-refractivity contribution is 0.102. The Hall–Kier alpha value is -2.11. The molecular weight excluding hydrogens is 299 g/mol. The van der Waals surface area contributed by atoms with Crippen LogP contribution in [0.25, 0.3) is 10.9 Å². The second-order valence-corrected chi connectivity index (χ2v) is 4.91. The van der Waals surface area contributed by atoms with Crippen molar-refractivity contribution in [1.82, 2.24) is 15.2 Å². The van der Waals surface area contributed by atoms with Crippen LogP contribution in [0, 0.1) is 0 Å². The van der Waals surface area contributed by atoms with Crippen LogP contribution in [0.5, 0.6) is 0 Å². The minimum atomic E-state index is -0.345. The van der Waals surface area contributed by atoms with Gasteiger partial charge in [0, 0.05) is 17.3 Å². The first-order chi connectivity index (χ1) is 9.63. The third kappa shape index (κ3) is 2.45. The molecule has 0 aliphatic heterocycles. The molecule has 2 N–H and O–H groups in total. The third-order valence-electron chi connectivity index (χ3n) is 2.76. The lowest BCUT2D eigenvalue weighted by Gasteiger charge is -2.07. The van der Waals surface area contributed by atoms with Crippen molar-refractivity contribution >= 4 is 45.7 Å². The summed E-state index contributed by atoms with van der Waals surface area (Å²) in [6.07, 6.45) is 3.03. The van der Waals surface area contributed by atoms with Crippen molar-refractivity contribution in [3.05, 3.63) is 52.4 Å². The van der Waals surface area contributed by atoms with Gasteiger partial charge >= 0.3 is 0 Å². The number of benzene rings is 1. The Kier molecular flexibility index (Phi) is 3.30. The number of fused-ring (bicyclic) bond motifs is 1. The first kappa shape index (κ1) is 12.9. The van der Waals surface area contributed by atoms with Crippen molar-refractivity contribution in [1.29, 1.82) is 0 Å². The Labute approximate surface area is 123 Å². The zero-order valence-electron chi connectivity index (χ0n) is 10.0. The molecule has 5 nitrogen and oxygen atoms in total. The van der Waals surface area contributed by atoms with E-state index in [2.05, 4.69) is 20.5 Å². The van der Waals surface area contributed by atoms with Gasteiger partial charge < -0.3 is 5.32 Å². The molecule has 20 heavy (non-hydrogen) atoms. The molecule has 0 unspecified atom stereocenters. The number of rotatable bonds is 2. The highest BCUT2D eigenvalue weighted by molar-refractivity contribution is 6.35. The van der Waals surface area contributed by atoms with Gasteiger partial charge in [-0.25, -0.2) is 4.98 Å². The molecule has 3 aromatic rings. The van der Waals surface area contributed by atoms with E-state index in [1.807, 2.05) is 12.1 Å². The SMILES string of the molecule is O=C(Nc1ccc2[nH]ncc2c1)c1cc(Cl)ncc1Cl. The van der Waals surface area contributed by atoms with Crippen molar-refractivity contribution in [2.75, 3.05) is 5.32 Å². The maximum Gasteiger partial charge on any atom is 0.257 e. The zero-order chi connectivity index (χ0) is 14.1. The predicted octanol–water partition coefficient (Wildman–Crippen LogP) is 3.52. The summed E-state index contributed by atoms with van der Waals surface area (Å²) in [6, 6.07) is 6.84. The van der Waals surface area contributed by atoms with Gasteiger partial charge in [-0.3, -0.25) is 9.89 Å². The van der Waals surface area contributed by atoms with Crippen molar-refractivity contribution in [2.45, 2.75) is 0 Å². The topological polar surface area (TPSA) is 70.7 Å². The second-order valence-electron chi connectivity index (χ2n) is 4.11. The number of carbonyl (C=O) groups is 1. The standard InChI is InChI=1S/C13H8Cl2N4O/c14-10-6-16-12(15)4-9(10)13(20)18-8-1-2-11-7(3-8)5-17-19-11/h1-6H,(H,17,19)(H,18,20). The fourth-order valence-electron chi connectivity index (χ4n) is 1.81. The van der Waals surface area contributed by atoms with Crippen molar-refractivity contribution in [2.24, 2.45) is 0 Å². The molecule has 0 radical (unpaired) electrons. The summed E-state index contributed by atoms with van der Waals surface area (Å²) in [6.45, 7) is 0. The lowest BCUT2D eigenvalue weighted by Crippen LogP contribution is -2.12. The molecule has 0 atom stereocenters. The summed E-state index contributed by atoms with van der Waals surface area (Å²) in [5, 5.41) is 10.9. The second kappa shape index (κ2) is 5.11. The zero-order valence-corrected chi connectivity index (χ0v) is 11.5. The monoisotopic (exact) mass is 306 g/mol. The minimum absolute atomic E-state index is 0.213. The van der Waals surface area contributed by atoms with Crippen molar-refractivity contribution in [3.8, 4) is 0 Å². The number of H-pyrrole nitrogens is 1. The molecule has 100 valence electrons. The number of hydrogen-bond acceptors (Lipinski definition) is 3. The third-order valence-corrected chi connectivity index (χ3v) is 3.27. The van der Waals surface area contributed by atoms with E-state index in [1.165, 1.54) is 12.3 Å². The van der Waals surface area contributed by atoms with Gasteiger partial charge in [0.25, 0.3) is 5.91 Å². The molecule has 0 saturated heterocycles. The number of pyridine rings is 1. The first-order valence-corrected chi connectivity index (χ1v) is 6.44. The Morgan fingerprint density at radius 3 is 2.90 bits per heavy atom. The van der Waals surface area contributed by atoms with Gasteiger partial charge in [-0.05, 0) is 24.3 Å². The van der Waals surface area contributed by atoms with Crippen LogP contribution >= 0.6 is 23.2 Å². The maximum absolute atomic E-state index is 12.2. The molecule has 0 aliphatic carbocycles. The summed E-state index contributed by atoms with van der Waals surface area (Å²) in [4.78, 5) is 16.0. The van der Waals surface area contributed by atoms with Crippen LogP contribution in [0.2, 0.25) is 10.2 Å². The molecule has 3 rings (SSSR count). The predicted molar refractivity (Wildman–Crippen MR) is 78.3 cm³/mol. The van der Waals surface area contributed by atoms with E-state index in [4.69, 9.17) is 23.2 Å². The van der Waals surface area contributed by atoms with E-state index >= 15 is 0 Å². The van der Waals surface area contributed by atoms with E-state index in [0.29, 0.717) is 5.69 Å². The average molecular weight is 307 g/mol. The highest BCUT2D eigenvalue weighted by Gasteiger charge is 2.12. The molecule has 1 aromatic carbocycles. The lowest BCUT2D eigenvalue weighted by atomic mass is 10.2. The normalized spacial score (nSPS) is 10.7. The van der Waals surface area contributed by atoms with E-state index in [1.54, 1.807) is 12.3 Å². The quantitative estimate of drug-likeness (QED) is 0.712. The smallest absolute Gasteiger partial charge is 0.257 e. The Morgan fingerprint density at radius 1 is 1.20 bits per heavy atom. The number of amides is 1. The first-order valence-electron chi connectivity index (χ1n) is 5.69. The highest BCUT2D eigenvalue weighted by Crippen LogP contribution is 2.21. The molecule has 0 bridgehead atoms. The molecule has 0 aliphatic rings. The van der Waals surface area contributed by atoms with E-state index in [0.717, 1.165) is 10.9 Å².